The van der Waals surface area contributed by atoms with Crippen LogP contribution in [0.3, 0.4) is 0 Å². The third-order valence-electron chi connectivity index (χ3n) is 5.42. The topological polar surface area (TPSA) is 78.6 Å². The van der Waals surface area contributed by atoms with Gasteiger partial charge in [-0.2, -0.15) is 0 Å². The van der Waals surface area contributed by atoms with Crippen LogP contribution in [0.15, 0.2) is 66.8 Å². The van der Waals surface area contributed by atoms with Crippen molar-refractivity contribution in [3.05, 3.63) is 72.4 Å². The van der Waals surface area contributed by atoms with Crippen LogP contribution in [-0.2, 0) is 25.5 Å². The standard InChI is InChI=1S/C30H45NO4/c1-3-4-5-6-7-8-9-10-11-12-13-14-15-16-20-23-29(32)34-25-26(2)35-30(33)28(31)24-27-21-18-17-19-22-27/h7-8,10-11,13-14,17-19,21-22,26,28H,3-6,9,12,15-16,20,23-25,31H2,1-2H3/b8-7-,11-10-,14-13-/t26?,28-/m0/s1. The summed E-state index contributed by atoms with van der Waals surface area (Å²) in [5.74, 6) is -0.756. The molecular weight excluding hydrogens is 438 g/mol. The van der Waals surface area contributed by atoms with E-state index >= 15 is 0 Å². The molecule has 0 bridgehead atoms. The maximum atomic E-state index is 12.1. The number of carbonyl (C=O) groups excluding carboxylic acids is 2. The monoisotopic (exact) mass is 483 g/mol. The van der Waals surface area contributed by atoms with E-state index < -0.39 is 18.1 Å². The fraction of sp³-hybridized carbons (Fsp3) is 0.533. The molecule has 0 saturated heterocycles. The van der Waals surface area contributed by atoms with Gasteiger partial charge in [0.2, 0.25) is 0 Å². The number of nitrogens with two attached hydrogens (primary N) is 1. The summed E-state index contributed by atoms with van der Waals surface area (Å²) in [6, 6.07) is 8.81. The van der Waals surface area contributed by atoms with Crippen molar-refractivity contribution in [1.82, 2.24) is 0 Å². The predicted octanol–water partition coefficient (Wildman–Crippen LogP) is 6.62. The zero-order valence-corrected chi connectivity index (χ0v) is 21.7. The fourth-order valence-corrected chi connectivity index (χ4v) is 3.37. The van der Waals surface area contributed by atoms with Crippen molar-refractivity contribution in [1.29, 1.82) is 0 Å². The summed E-state index contributed by atoms with van der Waals surface area (Å²) >= 11 is 0. The maximum absolute atomic E-state index is 12.1. The number of carbonyl (C=O) groups is 2. The van der Waals surface area contributed by atoms with Gasteiger partial charge in [0.05, 0.1) is 0 Å². The third-order valence-corrected chi connectivity index (χ3v) is 5.42. The van der Waals surface area contributed by atoms with Gasteiger partial charge in [0.15, 0.2) is 0 Å². The number of hydrogen-bond donors (Lipinski definition) is 1. The molecule has 5 heteroatoms. The molecule has 0 aliphatic heterocycles. The fourth-order valence-electron chi connectivity index (χ4n) is 3.37. The van der Waals surface area contributed by atoms with Crippen molar-refractivity contribution in [3.8, 4) is 0 Å². The van der Waals surface area contributed by atoms with Gasteiger partial charge in [0.25, 0.3) is 0 Å². The van der Waals surface area contributed by atoms with Gasteiger partial charge in [-0.05, 0) is 63.9 Å². The van der Waals surface area contributed by atoms with Crippen molar-refractivity contribution in [2.24, 2.45) is 5.73 Å². The summed E-state index contributed by atoms with van der Waals surface area (Å²) < 4.78 is 10.5. The van der Waals surface area contributed by atoms with Gasteiger partial charge < -0.3 is 15.2 Å². The molecule has 2 atom stereocenters. The Morgan fingerprint density at radius 1 is 0.886 bits per heavy atom. The predicted molar refractivity (Wildman–Crippen MR) is 144 cm³/mol. The molecular formula is C30H45NO4. The van der Waals surface area contributed by atoms with Crippen molar-refractivity contribution >= 4 is 11.9 Å². The third kappa shape index (κ3) is 17.4. The molecule has 1 aromatic rings. The van der Waals surface area contributed by atoms with E-state index in [1.54, 1.807) is 6.92 Å². The molecule has 0 amide bonds. The lowest BCUT2D eigenvalue weighted by molar-refractivity contribution is -0.159. The average molecular weight is 484 g/mol. The molecule has 0 saturated carbocycles. The molecule has 0 fully saturated rings. The highest BCUT2D eigenvalue weighted by Crippen LogP contribution is 2.07. The van der Waals surface area contributed by atoms with Crippen LogP contribution < -0.4 is 5.73 Å². The molecule has 2 N–H and O–H groups in total. The highest BCUT2D eigenvalue weighted by molar-refractivity contribution is 5.76. The summed E-state index contributed by atoms with van der Waals surface area (Å²) in [4.78, 5) is 24.1. The lowest BCUT2D eigenvalue weighted by atomic mass is 10.1. The lowest BCUT2D eigenvalue weighted by Gasteiger charge is -2.17. The number of rotatable bonds is 19. The van der Waals surface area contributed by atoms with Crippen LogP contribution >= 0.6 is 0 Å². The molecule has 0 spiro atoms. The summed E-state index contributed by atoms with van der Waals surface area (Å²) in [5, 5.41) is 0. The molecule has 1 unspecified atom stereocenters. The maximum Gasteiger partial charge on any atom is 0.323 e. The Morgan fingerprint density at radius 2 is 1.49 bits per heavy atom. The van der Waals surface area contributed by atoms with Crippen LogP contribution in [0.5, 0.6) is 0 Å². The van der Waals surface area contributed by atoms with E-state index in [1.165, 1.54) is 25.7 Å². The molecule has 0 aliphatic rings. The molecule has 5 nitrogen and oxygen atoms in total. The van der Waals surface area contributed by atoms with Gasteiger partial charge in [0, 0.05) is 6.42 Å². The Balaban J connectivity index is 2.03. The first kappa shape index (κ1) is 30.4. The number of allylic oxidation sites excluding steroid dienone is 6. The van der Waals surface area contributed by atoms with Crippen LogP contribution in [0.1, 0.15) is 83.6 Å². The highest BCUT2D eigenvalue weighted by Gasteiger charge is 2.19. The first-order chi connectivity index (χ1) is 17.0. The van der Waals surface area contributed by atoms with Gasteiger partial charge in [-0.15, -0.1) is 0 Å². The minimum Gasteiger partial charge on any atom is -0.462 e. The van der Waals surface area contributed by atoms with E-state index in [0.717, 1.165) is 37.7 Å². The lowest BCUT2D eigenvalue weighted by Crippen LogP contribution is -2.37. The van der Waals surface area contributed by atoms with Gasteiger partial charge in [0.1, 0.15) is 18.8 Å². The number of ether oxygens (including phenoxy) is 2. The van der Waals surface area contributed by atoms with E-state index in [9.17, 15) is 9.59 Å². The van der Waals surface area contributed by atoms with Crippen molar-refractivity contribution in [2.75, 3.05) is 6.61 Å². The van der Waals surface area contributed by atoms with Gasteiger partial charge >= 0.3 is 11.9 Å². The van der Waals surface area contributed by atoms with Gasteiger partial charge in [-0.1, -0.05) is 86.6 Å². The smallest absolute Gasteiger partial charge is 0.323 e. The van der Waals surface area contributed by atoms with Crippen LogP contribution in [0.25, 0.3) is 0 Å². The Labute approximate surface area is 212 Å². The zero-order valence-electron chi connectivity index (χ0n) is 21.7. The summed E-state index contributed by atoms with van der Waals surface area (Å²) in [6.07, 6.45) is 23.1. The summed E-state index contributed by atoms with van der Waals surface area (Å²) in [5.41, 5.74) is 6.90. The molecule has 35 heavy (non-hydrogen) atoms. The minimum absolute atomic E-state index is 0.0444. The van der Waals surface area contributed by atoms with Crippen LogP contribution in [-0.4, -0.2) is 30.7 Å². The van der Waals surface area contributed by atoms with Crippen LogP contribution in [0, 0.1) is 0 Å². The second-order valence-corrected chi connectivity index (χ2v) is 8.85. The first-order valence-corrected chi connectivity index (χ1v) is 13.1. The number of unbranched alkanes of at least 4 members (excludes halogenated alkanes) is 5. The Morgan fingerprint density at radius 3 is 2.11 bits per heavy atom. The Hall–Kier alpha value is -2.66. The quantitative estimate of drug-likeness (QED) is 0.136. The number of benzene rings is 1. The molecule has 194 valence electrons. The number of esters is 2. The zero-order chi connectivity index (χ0) is 25.6. The van der Waals surface area contributed by atoms with Crippen LogP contribution in [0.2, 0.25) is 0 Å². The van der Waals surface area contributed by atoms with E-state index in [-0.39, 0.29) is 12.6 Å². The summed E-state index contributed by atoms with van der Waals surface area (Å²) in [6.45, 7) is 3.97. The largest absolute Gasteiger partial charge is 0.462 e. The number of hydrogen-bond acceptors (Lipinski definition) is 5. The Kier molecular flexibility index (Phi) is 18.0. The molecule has 0 aliphatic carbocycles. The minimum atomic E-state index is -0.740. The van der Waals surface area contributed by atoms with E-state index in [2.05, 4.69) is 43.4 Å². The molecule has 1 aromatic carbocycles. The van der Waals surface area contributed by atoms with Gasteiger partial charge in [-0.3, -0.25) is 9.59 Å². The normalized spacial score (nSPS) is 13.5. The van der Waals surface area contributed by atoms with Crippen molar-refractivity contribution in [2.45, 2.75) is 96.6 Å². The Bertz CT molecular complexity index is 770. The van der Waals surface area contributed by atoms with E-state index in [4.69, 9.17) is 15.2 Å². The average Bonchev–Trinajstić information content (AvgIpc) is 2.85. The molecule has 0 radical (unpaired) electrons. The van der Waals surface area contributed by atoms with E-state index in [0.29, 0.717) is 12.8 Å². The SMILES string of the molecule is CCCCC/C=C\C/C=C\C/C=C\CCCCC(=O)OCC(C)OC(=O)[C@@H](N)Cc1ccccc1. The van der Waals surface area contributed by atoms with Gasteiger partial charge in [-0.25, -0.2) is 0 Å². The van der Waals surface area contributed by atoms with Crippen molar-refractivity contribution < 1.29 is 19.1 Å². The van der Waals surface area contributed by atoms with E-state index in [1.807, 2.05) is 30.3 Å². The van der Waals surface area contributed by atoms with Crippen LogP contribution in [0.4, 0.5) is 0 Å². The molecule has 0 heterocycles. The molecule has 0 aromatic heterocycles. The summed E-state index contributed by atoms with van der Waals surface area (Å²) in [7, 11) is 0. The van der Waals surface area contributed by atoms with Crippen molar-refractivity contribution in [3.63, 3.8) is 0 Å². The second kappa shape index (κ2) is 20.7. The molecule has 1 rings (SSSR count). The highest BCUT2D eigenvalue weighted by atomic mass is 16.6. The second-order valence-electron chi connectivity index (χ2n) is 8.85. The first-order valence-electron chi connectivity index (χ1n) is 13.1.